The number of benzene rings is 2. The number of halogens is 3. The molecule has 0 saturated carbocycles. The van der Waals surface area contributed by atoms with Crippen LogP contribution in [0.25, 0.3) is 11.3 Å². The molecule has 0 radical (unpaired) electrons. The summed E-state index contributed by atoms with van der Waals surface area (Å²) >= 11 is 0. The summed E-state index contributed by atoms with van der Waals surface area (Å²) < 4.78 is 50.3. The van der Waals surface area contributed by atoms with E-state index in [1.165, 1.54) is 29.2 Å². The number of ether oxygens (including phenoxy) is 1. The maximum Gasteiger partial charge on any atom is 0.265 e. The lowest BCUT2D eigenvalue weighted by atomic mass is 10.0. The van der Waals surface area contributed by atoms with Gasteiger partial charge in [-0.15, -0.1) is 0 Å². The van der Waals surface area contributed by atoms with E-state index in [9.17, 15) is 13.6 Å². The molecule has 1 fully saturated rings. The number of amides is 1. The number of nitrogens with zero attached hydrogens (tertiary/aromatic N) is 4. The molecule has 1 N–H and O–H groups in total. The van der Waals surface area contributed by atoms with Gasteiger partial charge in [-0.25, -0.2) is 18.2 Å². The topological polar surface area (TPSA) is 60.9 Å². The first-order chi connectivity index (χ1) is 18.6. The van der Waals surface area contributed by atoms with E-state index in [1.54, 1.807) is 26.0 Å². The van der Waals surface area contributed by atoms with Crippen molar-refractivity contribution in [3.05, 3.63) is 59.9 Å². The van der Waals surface area contributed by atoms with Gasteiger partial charge in [0, 0.05) is 36.4 Å². The molecule has 2 aliphatic rings. The summed E-state index contributed by atoms with van der Waals surface area (Å²) in [6.45, 7) is 4.89. The van der Waals surface area contributed by atoms with Crippen LogP contribution in [0.15, 0.2) is 42.5 Å². The molecule has 0 aliphatic carbocycles. The number of piperidine rings is 1. The van der Waals surface area contributed by atoms with E-state index < -0.39 is 11.6 Å². The van der Waals surface area contributed by atoms with Crippen LogP contribution in [0.2, 0.25) is 0 Å². The monoisotopic (exact) mass is 539 g/mol. The molecule has 2 aliphatic heterocycles. The van der Waals surface area contributed by atoms with Crippen LogP contribution in [0, 0.1) is 17.5 Å². The standard InChI is InChI=1S/C29H32F3N5O2/c1-17(2)37-25-14-18(13-23(32)29(25)39-16-27(37)38)28-21(30)6-8-26(34-28)33-19-5-7-24(22(31)15-19)36-11-9-20(10-12-36)35(3)4/h5-8,13-15,17,20H,9-12,16H2,1-4H3,(H,33,34). The zero-order valence-electron chi connectivity index (χ0n) is 22.5. The Balaban J connectivity index is 1.39. The molecule has 0 unspecified atom stereocenters. The Hall–Kier alpha value is -3.79. The summed E-state index contributed by atoms with van der Waals surface area (Å²) in [6.07, 6.45) is 1.93. The molecule has 7 nitrogen and oxygen atoms in total. The quantitative estimate of drug-likeness (QED) is 0.442. The number of rotatable bonds is 6. The zero-order chi connectivity index (χ0) is 27.8. The summed E-state index contributed by atoms with van der Waals surface area (Å²) in [6, 6.07) is 10.4. The maximum absolute atomic E-state index is 15.1. The molecule has 206 valence electrons. The van der Waals surface area contributed by atoms with Gasteiger partial charge in [0.15, 0.2) is 18.2 Å². The van der Waals surface area contributed by atoms with Crippen molar-refractivity contribution < 1.29 is 22.7 Å². The van der Waals surface area contributed by atoms with Gasteiger partial charge in [0.05, 0.1) is 11.4 Å². The third-order valence-electron chi connectivity index (χ3n) is 7.28. The fourth-order valence-corrected chi connectivity index (χ4v) is 5.27. The zero-order valence-corrected chi connectivity index (χ0v) is 22.5. The van der Waals surface area contributed by atoms with Crippen LogP contribution in [0.1, 0.15) is 26.7 Å². The third kappa shape index (κ3) is 5.38. The number of aromatic nitrogens is 1. The Morgan fingerprint density at radius 3 is 2.38 bits per heavy atom. The molecule has 1 saturated heterocycles. The first-order valence-corrected chi connectivity index (χ1v) is 13.1. The number of fused-ring (bicyclic) bond motifs is 1. The highest BCUT2D eigenvalue weighted by Crippen LogP contribution is 2.40. The highest BCUT2D eigenvalue weighted by Gasteiger charge is 2.31. The van der Waals surface area contributed by atoms with Crippen molar-refractivity contribution in [2.75, 3.05) is 48.9 Å². The van der Waals surface area contributed by atoms with Crippen molar-refractivity contribution in [2.24, 2.45) is 0 Å². The van der Waals surface area contributed by atoms with Crippen LogP contribution in [-0.2, 0) is 4.79 Å². The number of hydrogen-bond acceptors (Lipinski definition) is 6. The van der Waals surface area contributed by atoms with Gasteiger partial charge in [-0.2, -0.15) is 0 Å². The van der Waals surface area contributed by atoms with Gasteiger partial charge in [0.1, 0.15) is 23.1 Å². The van der Waals surface area contributed by atoms with Crippen LogP contribution in [0.5, 0.6) is 5.75 Å². The third-order valence-corrected chi connectivity index (χ3v) is 7.28. The van der Waals surface area contributed by atoms with Gasteiger partial charge in [0.25, 0.3) is 5.91 Å². The van der Waals surface area contributed by atoms with E-state index in [1.807, 2.05) is 4.90 Å². The minimum atomic E-state index is -0.715. The van der Waals surface area contributed by atoms with Crippen molar-refractivity contribution in [1.82, 2.24) is 9.88 Å². The number of nitrogens with one attached hydrogen (secondary N) is 1. The summed E-state index contributed by atoms with van der Waals surface area (Å²) in [5, 5.41) is 3.02. The van der Waals surface area contributed by atoms with Crippen molar-refractivity contribution in [2.45, 2.75) is 38.8 Å². The Morgan fingerprint density at radius 1 is 0.974 bits per heavy atom. The Kier molecular flexibility index (Phi) is 7.40. The molecule has 2 aromatic carbocycles. The summed E-state index contributed by atoms with van der Waals surface area (Å²) in [5.74, 6) is -1.85. The highest BCUT2D eigenvalue weighted by atomic mass is 19.1. The molecule has 0 atom stereocenters. The fourth-order valence-electron chi connectivity index (χ4n) is 5.27. The molecule has 3 heterocycles. The van der Waals surface area contributed by atoms with E-state index in [2.05, 4.69) is 29.3 Å². The van der Waals surface area contributed by atoms with Gasteiger partial charge in [-0.05, 0) is 83.2 Å². The van der Waals surface area contributed by atoms with Gasteiger partial charge in [0.2, 0.25) is 0 Å². The lowest BCUT2D eigenvalue weighted by Gasteiger charge is -2.36. The second-order valence-electron chi connectivity index (χ2n) is 10.5. The highest BCUT2D eigenvalue weighted by molar-refractivity contribution is 5.99. The minimum absolute atomic E-state index is 0.0526. The Labute approximate surface area is 226 Å². The molecule has 5 rings (SSSR count). The number of carbonyl (C=O) groups is 1. The molecule has 1 amide bonds. The van der Waals surface area contributed by atoms with Crippen molar-refractivity contribution >= 4 is 28.8 Å². The van der Waals surface area contributed by atoms with Crippen molar-refractivity contribution in [1.29, 1.82) is 0 Å². The number of carbonyl (C=O) groups excluding carboxylic acids is 1. The molecule has 0 bridgehead atoms. The van der Waals surface area contributed by atoms with Crippen LogP contribution in [-0.4, -0.2) is 61.7 Å². The smallest absolute Gasteiger partial charge is 0.265 e. The largest absolute Gasteiger partial charge is 0.478 e. The first kappa shape index (κ1) is 26.8. The Bertz CT molecular complexity index is 1390. The predicted molar refractivity (Wildman–Crippen MR) is 146 cm³/mol. The maximum atomic E-state index is 15.1. The van der Waals surface area contributed by atoms with Crippen LogP contribution < -0.4 is 19.9 Å². The molecular weight excluding hydrogens is 507 g/mol. The fraction of sp³-hybridized carbons (Fsp3) is 0.379. The minimum Gasteiger partial charge on any atom is -0.478 e. The molecule has 39 heavy (non-hydrogen) atoms. The number of pyridine rings is 1. The van der Waals surface area contributed by atoms with Crippen molar-refractivity contribution in [3.8, 4) is 17.0 Å². The average molecular weight is 540 g/mol. The van der Waals surface area contributed by atoms with Crippen LogP contribution in [0.3, 0.4) is 0 Å². The van der Waals surface area contributed by atoms with Crippen LogP contribution in [0.4, 0.5) is 36.1 Å². The summed E-state index contributed by atoms with van der Waals surface area (Å²) in [7, 11) is 4.13. The van der Waals surface area contributed by atoms with E-state index in [-0.39, 0.29) is 52.9 Å². The van der Waals surface area contributed by atoms with Gasteiger partial charge in [-0.1, -0.05) is 0 Å². The van der Waals surface area contributed by atoms with Crippen molar-refractivity contribution in [3.63, 3.8) is 0 Å². The molecule has 1 aromatic heterocycles. The van der Waals surface area contributed by atoms with Gasteiger partial charge >= 0.3 is 0 Å². The summed E-state index contributed by atoms with van der Waals surface area (Å²) in [5.41, 5.74) is 1.26. The second kappa shape index (κ2) is 10.8. The second-order valence-corrected chi connectivity index (χ2v) is 10.5. The predicted octanol–water partition coefficient (Wildman–Crippen LogP) is 5.57. The molecular formula is C29H32F3N5O2. The summed E-state index contributed by atoms with van der Waals surface area (Å²) in [4.78, 5) is 22.5. The van der Waals surface area contributed by atoms with E-state index in [0.29, 0.717) is 17.4 Å². The van der Waals surface area contributed by atoms with E-state index in [0.717, 1.165) is 32.0 Å². The average Bonchev–Trinajstić information content (AvgIpc) is 2.89. The van der Waals surface area contributed by atoms with E-state index in [4.69, 9.17) is 4.74 Å². The number of hydrogen-bond donors (Lipinski definition) is 1. The molecule has 10 heteroatoms. The lowest BCUT2D eigenvalue weighted by Crippen LogP contribution is -2.43. The Morgan fingerprint density at radius 2 is 1.72 bits per heavy atom. The molecule has 3 aromatic rings. The van der Waals surface area contributed by atoms with E-state index >= 15 is 4.39 Å². The normalized spacial score (nSPS) is 16.1. The van der Waals surface area contributed by atoms with Crippen LogP contribution >= 0.6 is 0 Å². The van der Waals surface area contributed by atoms with Gasteiger partial charge < -0.3 is 24.8 Å². The number of anilines is 4. The SMILES string of the molecule is CC(C)N1C(=O)COc2c(F)cc(-c3nc(Nc4ccc(N5CCC(N(C)C)CC5)c(F)c4)ccc3F)cc21. The molecule has 0 spiro atoms. The lowest BCUT2D eigenvalue weighted by molar-refractivity contribution is -0.121. The first-order valence-electron chi connectivity index (χ1n) is 13.1. The van der Waals surface area contributed by atoms with Gasteiger partial charge in [-0.3, -0.25) is 4.79 Å².